The number of aliphatic carboxylic acids is 1. The van der Waals surface area contributed by atoms with E-state index < -0.39 is 17.8 Å². The summed E-state index contributed by atoms with van der Waals surface area (Å²) >= 11 is 0. The molecule has 0 aliphatic heterocycles. The van der Waals surface area contributed by atoms with Gasteiger partial charge in [0.1, 0.15) is 0 Å². The SMILES string of the molecule is CC(=O)c1ccc(NC(=O)[C@@H]2[C@H]3C=C[C@H]([C@H]4C[C@H]34)[C@@H]2C(=O)O)cc1. The van der Waals surface area contributed by atoms with E-state index in [-0.39, 0.29) is 23.5 Å². The lowest BCUT2D eigenvalue weighted by Gasteiger charge is -2.41. The highest BCUT2D eigenvalue weighted by Crippen LogP contribution is 2.63. The number of ketones is 1. The van der Waals surface area contributed by atoms with Gasteiger partial charge in [0.15, 0.2) is 5.78 Å². The third-order valence-electron chi connectivity index (χ3n) is 5.80. The standard InChI is InChI=1S/C19H19NO4/c1-9(21)10-2-4-11(5-3-10)20-18(22)16-12-6-7-13(15-8-14(12)15)17(16)19(23)24/h2-7,12-17H,8H2,1H3,(H,20,22)(H,23,24)/t12-,13+,14+,15+,16+,17-/m0/s1. The molecule has 2 N–H and O–H groups in total. The van der Waals surface area contributed by atoms with Crippen molar-refractivity contribution in [3.63, 3.8) is 0 Å². The maximum Gasteiger partial charge on any atom is 0.307 e. The van der Waals surface area contributed by atoms with Gasteiger partial charge in [-0.25, -0.2) is 0 Å². The van der Waals surface area contributed by atoms with Crippen LogP contribution in [0.1, 0.15) is 23.7 Å². The number of anilines is 1. The zero-order valence-electron chi connectivity index (χ0n) is 13.3. The first kappa shape index (κ1) is 15.1. The molecule has 1 amide bonds. The van der Waals surface area contributed by atoms with Crippen LogP contribution < -0.4 is 5.32 Å². The van der Waals surface area contributed by atoms with Gasteiger partial charge in [0.2, 0.25) is 5.91 Å². The fourth-order valence-corrected chi connectivity index (χ4v) is 4.58. The van der Waals surface area contributed by atoms with Gasteiger partial charge in [-0.05, 0) is 61.3 Å². The van der Waals surface area contributed by atoms with Crippen LogP contribution >= 0.6 is 0 Å². The normalized spacial score (nSPS) is 35.2. The average molecular weight is 325 g/mol. The quantitative estimate of drug-likeness (QED) is 0.658. The summed E-state index contributed by atoms with van der Waals surface area (Å²) < 4.78 is 0. The number of nitrogens with one attached hydrogen (secondary N) is 1. The molecule has 2 fully saturated rings. The number of allylic oxidation sites excluding steroid dienone is 2. The predicted octanol–water partition coefficient (Wildman–Crippen LogP) is 2.60. The highest BCUT2D eigenvalue weighted by Gasteiger charge is 2.62. The van der Waals surface area contributed by atoms with E-state index in [0.717, 1.165) is 6.42 Å². The highest BCUT2D eigenvalue weighted by atomic mass is 16.4. The van der Waals surface area contributed by atoms with E-state index in [0.29, 0.717) is 23.1 Å². The van der Waals surface area contributed by atoms with Crippen LogP contribution in [0.5, 0.6) is 0 Å². The van der Waals surface area contributed by atoms with Gasteiger partial charge in [0.25, 0.3) is 0 Å². The van der Waals surface area contributed by atoms with E-state index in [9.17, 15) is 19.5 Å². The van der Waals surface area contributed by atoms with Gasteiger partial charge in [0, 0.05) is 11.3 Å². The van der Waals surface area contributed by atoms with Crippen LogP contribution in [0.15, 0.2) is 36.4 Å². The Morgan fingerprint density at radius 3 is 2.12 bits per heavy atom. The van der Waals surface area contributed by atoms with Crippen molar-refractivity contribution in [1.82, 2.24) is 0 Å². The van der Waals surface area contributed by atoms with Crippen LogP contribution in [-0.2, 0) is 9.59 Å². The third kappa shape index (κ3) is 2.27. The molecule has 5 heteroatoms. The highest BCUT2D eigenvalue weighted by molar-refractivity contribution is 5.97. The van der Waals surface area contributed by atoms with Gasteiger partial charge in [-0.2, -0.15) is 0 Å². The van der Waals surface area contributed by atoms with Crippen molar-refractivity contribution in [3.8, 4) is 0 Å². The number of hydrogen-bond donors (Lipinski definition) is 2. The molecule has 0 spiro atoms. The number of amides is 1. The molecule has 4 aliphatic rings. The maximum absolute atomic E-state index is 12.8. The Bertz CT molecular complexity index is 751. The predicted molar refractivity (Wildman–Crippen MR) is 87.4 cm³/mol. The molecule has 0 unspecified atom stereocenters. The van der Waals surface area contributed by atoms with E-state index in [1.54, 1.807) is 24.3 Å². The zero-order chi connectivity index (χ0) is 17.0. The van der Waals surface area contributed by atoms with Gasteiger partial charge in [-0.3, -0.25) is 14.4 Å². The summed E-state index contributed by atoms with van der Waals surface area (Å²) in [4.78, 5) is 35.8. The summed E-state index contributed by atoms with van der Waals surface area (Å²) in [5.74, 6) is -1.39. The zero-order valence-corrected chi connectivity index (χ0v) is 13.3. The maximum atomic E-state index is 12.8. The molecule has 0 radical (unpaired) electrons. The van der Waals surface area contributed by atoms with Crippen molar-refractivity contribution < 1.29 is 19.5 Å². The van der Waals surface area contributed by atoms with Gasteiger partial charge in [-0.1, -0.05) is 12.2 Å². The molecule has 2 bridgehead atoms. The molecule has 0 aromatic heterocycles. The Kier molecular flexibility index (Phi) is 3.34. The Morgan fingerprint density at radius 1 is 1.00 bits per heavy atom. The number of rotatable bonds is 4. The van der Waals surface area contributed by atoms with Crippen LogP contribution in [0, 0.1) is 35.5 Å². The van der Waals surface area contributed by atoms with Gasteiger partial charge in [0.05, 0.1) is 11.8 Å². The van der Waals surface area contributed by atoms with Crippen molar-refractivity contribution in [3.05, 3.63) is 42.0 Å². The first-order valence-electron chi connectivity index (χ1n) is 8.30. The minimum Gasteiger partial charge on any atom is -0.481 e. The molecule has 24 heavy (non-hydrogen) atoms. The number of carbonyl (C=O) groups is 3. The topological polar surface area (TPSA) is 83.5 Å². The first-order valence-corrected chi connectivity index (χ1v) is 8.30. The van der Waals surface area contributed by atoms with Crippen LogP contribution in [0.4, 0.5) is 5.69 Å². The van der Waals surface area contributed by atoms with Crippen molar-refractivity contribution in [1.29, 1.82) is 0 Å². The van der Waals surface area contributed by atoms with Crippen LogP contribution in [0.25, 0.3) is 0 Å². The van der Waals surface area contributed by atoms with Crippen molar-refractivity contribution in [2.45, 2.75) is 13.3 Å². The lowest BCUT2D eigenvalue weighted by atomic mass is 9.62. The summed E-state index contributed by atoms with van der Waals surface area (Å²) in [5, 5.41) is 12.5. The molecule has 6 atom stereocenters. The number of carbonyl (C=O) groups excluding carboxylic acids is 2. The van der Waals surface area contributed by atoms with Gasteiger partial charge in [-0.15, -0.1) is 0 Å². The smallest absolute Gasteiger partial charge is 0.307 e. The van der Waals surface area contributed by atoms with Gasteiger partial charge >= 0.3 is 5.97 Å². The van der Waals surface area contributed by atoms with Crippen molar-refractivity contribution in [2.75, 3.05) is 5.32 Å². The minimum absolute atomic E-state index is 0.0201. The fraction of sp³-hybridized carbons (Fsp3) is 0.421. The number of hydrogen-bond acceptors (Lipinski definition) is 3. The molecule has 2 saturated carbocycles. The van der Waals surface area contributed by atoms with Crippen LogP contribution in [-0.4, -0.2) is 22.8 Å². The summed E-state index contributed by atoms with van der Waals surface area (Å²) in [5.41, 5.74) is 1.17. The van der Waals surface area contributed by atoms with Crippen molar-refractivity contribution >= 4 is 23.3 Å². The third-order valence-corrected chi connectivity index (χ3v) is 5.80. The molecular weight excluding hydrogens is 306 g/mol. The summed E-state index contributed by atoms with van der Waals surface area (Å²) in [6, 6.07) is 6.69. The number of carboxylic acids is 1. The summed E-state index contributed by atoms with van der Waals surface area (Å²) in [7, 11) is 0. The van der Waals surface area contributed by atoms with E-state index in [4.69, 9.17) is 0 Å². The second-order valence-corrected chi connectivity index (χ2v) is 7.12. The molecule has 5 rings (SSSR count). The van der Waals surface area contributed by atoms with E-state index in [1.807, 2.05) is 12.2 Å². The molecule has 1 aromatic rings. The van der Waals surface area contributed by atoms with Crippen LogP contribution in [0.2, 0.25) is 0 Å². The molecule has 0 heterocycles. The largest absolute Gasteiger partial charge is 0.481 e. The monoisotopic (exact) mass is 325 g/mol. The molecule has 124 valence electrons. The molecule has 4 aliphatic carbocycles. The van der Waals surface area contributed by atoms with Gasteiger partial charge < -0.3 is 10.4 Å². The lowest BCUT2D eigenvalue weighted by Crippen LogP contribution is -2.48. The number of benzene rings is 1. The Labute approximate surface area is 139 Å². The first-order chi connectivity index (χ1) is 11.5. The molecule has 5 nitrogen and oxygen atoms in total. The Morgan fingerprint density at radius 2 is 1.58 bits per heavy atom. The molecule has 0 saturated heterocycles. The molecule has 1 aromatic carbocycles. The Balaban J connectivity index is 1.56. The Hall–Kier alpha value is -2.43. The fourth-order valence-electron chi connectivity index (χ4n) is 4.58. The number of Topliss-reactive ketones (excluding diaryl/α,β-unsaturated/α-hetero) is 1. The van der Waals surface area contributed by atoms with E-state index >= 15 is 0 Å². The summed E-state index contributed by atoms with van der Waals surface area (Å²) in [6.07, 6.45) is 5.08. The van der Waals surface area contributed by atoms with E-state index in [1.165, 1.54) is 6.92 Å². The minimum atomic E-state index is -0.883. The number of carboxylic acid groups (broad SMARTS) is 1. The lowest BCUT2D eigenvalue weighted by molar-refractivity contribution is -0.152. The second kappa shape index (κ2) is 5.30. The van der Waals surface area contributed by atoms with E-state index in [2.05, 4.69) is 5.32 Å². The second-order valence-electron chi connectivity index (χ2n) is 7.12. The average Bonchev–Trinajstić information content (AvgIpc) is 3.36. The number of fused-ring (bicyclic) bond motifs is 1. The summed E-state index contributed by atoms with van der Waals surface area (Å²) in [6.45, 7) is 1.49. The van der Waals surface area contributed by atoms with Crippen LogP contribution in [0.3, 0.4) is 0 Å². The molecular formula is C19H19NO4. The van der Waals surface area contributed by atoms with Crippen molar-refractivity contribution in [2.24, 2.45) is 35.5 Å².